The lowest BCUT2D eigenvalue weighted by atomic mass is 9.93. The predicted molar refractivity (Wildman–Crippen MR) is 96.1 cm³/mol. The molecule has 2 aromatic carbocycles. The first-order valence-electron chi connectivity index (χ1n) is 8.16. The number of fused-ring (bicyclic) bond motifs is 2. The number of rotatable bonds is 4. The first-order chi connectivity index (χ1) is 12.0. The molecular weight excluding hydrogens is 318 g/mol. The quantitative estimate of drug-likeness (QED) is 0.673. The Bertz CT molecular complexity index is 811. The molecule has 5 nitrogen and oxygen atoms in total. The first-order valence-corrected chi connectivity index (χ1v) is 8.16. The fourth-order valence-electron chi connectivity index (χ4n) is 2.92. The van der Waals surface area contributed by atoms with Gasteiger partial charge in [0.05, 0.1) is 0 Å². The maximum absolute atomic E-state index is 10.8. The van der Waals surface area contributed by atoms with E-state index in [-0.39, 0.29) is 0 Å². The van der Waals surface area contributed by atoms with Crippen LogP contribution in [0.5, 0.6) is 11.5 Å². The van der Waals surface area contributed by atoms with E-state index in [9.17, 15) is 4.79 Å². The van der Waals surface area contributed by atoms with E-state index in [1.165, 1.54) is 0 Å². The Labute approximate surface area is 147 Å². The topological polar surface area (TPSA) is 59.0 Å². The van der Waals surface area contributed by atoms with Gasteiger partial charge in [0.1, 0.15) is 18.1 Å². The third kappa shape index (κ3) is 4.00. The summed E-state index contributed by atoms with van der Waals surface area (Å²) in [6, 6.07) is 13.3. The molecular formula is C20H21NO4. The molecule has 0 saturated heterocycles. The number of hydrogen-bond acceptors (Lipinski definition) is 4. The fraction of sp³-hybridized carbons (Fsp3) is 0.250. The average molecular weight is 339 g/mol. The molecule has 0 fully saturated rings. The zero-order valence-electron chi connectivity index (χ0n) is 14.4. The highest BCUT2D eigenvalue weighted by atomic mass is 16.7. The molecule has 0 bridgehead atoms. The van der Waals surface area contributed by atoms with E-state index in [1.807, 2.05) is 44.4 Å². The van der Waals surface area contributed by atoms with Crippen molar-refractivity contribution in [2.24, 2.45) is 0 Å². The Morgan fingerprint density at radius 2 is 2.04 bits per heavy atom. The molecule has 2 aromatic rings. The molecule has 0 aliphatic carbocycles. The lowest BCUT2D eigenvalue weighted by Gasteiger charge is -2.12. The van der Waals surface area contributed by atoms with Gasteiger partial charge in [0.15, 0.2) is 0 Å². The zero-order valence-corrected chi connectivity index (χ0v) is 14.4. The lowest BCUT2D eigenvalue weighted by molar-refractivity contribution is 0.144. The van der Waals surface area contributed by atoms with Gasteiger partial charge < -0.3 is 19.5 Å². The van der Waals surface area contributed by atoms with Gasteiger partial charge in [-0.05, 0) is 49.9 Å². The van der Waals surface area contributed by atoms with Crippen molar-refractivity contribution in [2.75, 3.05) is 20.6 Å². The van der Waals surface area contributed by atoms with Gasteiger partial charge >= 0.3 is 6.16 Å². The molecule has 1 N–H and O–H groups in total. The summed E-state index contributed by atoms with van der Waals surface area (Å²) >= 11 is 0. The van der Waals surface area contributed by atoms with Crippen LogP contribution >= 0.6 is 0 Å². The molecule has 1 aliphatic rings. The van der Waals surface area contributed by atoms with Crippen LogP contribution in [-0.2, 0) is 6.61 Å². The number of benzene rings is 2. The third-order valence-corrected chi connectivity index (χ3v) is 4.06. The summed E-state index contributed by atoms with van der Waals surface area (Å²) < 4.78 is 10.7. The van der Waals surface area contributed by atoms with Crippen LogP contribution in [0, 0.1) is 0 Å². The number of hydrogen-bond donors (Lipinski definition) is 1. The molecule has 0 unspecified atom stereocenters. The molecule has 1 aliphatic heterocycles. The van der Waals surface area contributed by atoms with Crippen LogP contribution in [0.2, 0.25) is 0 Å². The molecule has 0 amide bonds. The lowest BCUT2D eigenvalue weighted by Crippen LogP contribution is -2.12. The molecule has 0 atom stereocenters. The zero-order chi connectivity index (χ0) is 17.8. The molecule has 130 valence electrons. The molecule has 5 heteroatoms. The van der Waals surface area contributed by atoms with Crippen molar-refractivity contribution >= 4 is 11.7 Å². The summed E-state index contributed by atoms with van der Waals surface area (Å²) in [6.07, 6.45) is 1.80. The Morgan fingerprint density at radius 3 is 2.80 bits per heavy atom. The minimum Gasteiger partial charge on any atom is -0.488 e. The van der Waals surface area contributed by atoms with E-state index in [0.29, 0.717) is 12.4 Å². The highest BCUT2D eigenvalue weighted by Gasteiger charge is 2.19. The largest absolute Gasteiger partial charge is 0.511 e. The van der Waals surface area contributed by atoms with Crippen LogP contribution < -0.4 is 9.47 Å². The van der Waals surface area contributed by atoms with E-state index in [4.69, 9.17) is 14.6 Å². The Hall–Kier alpha value is -2.79. The van der Waals surface area contributed by atoms with Crippen molar-refractivity contribution in [1.82, 2.24) is 4.90 Å². The summed E-state index contributed by atoms with van der Waals surface area (Å²) in [7, 11) is 4.10. The molecule has 0 aromatic heterocycles. The van der Waals surface area contributed by atoms with Crippen LogP contribution in [0.15, 0.2) is 48.5 Å². The van der Waals surface area contributed by atoms with Crippen molar-refractivity contribution in [3.8, 4) is 11.5 Å². The maximum Gasteiger partial charge on any atom is 0.511 e. The van der Waals surface area contributed by atoms with Gasteiger partial charge in [-0.2, -0.15) is 0 Å². The highest BCUT2D eigenvalue weighted by molar-refractivity contribution is 5.85. The second-order valence-electron chi connectivity index (χ2n) is 6.18. The van der Waals surface area contributed by atoms with E-state index >= 15 is 0 Å². The fourth-order valence-corrected chi connectivity index (χ4v) is 2.92. The van der Waals surface area contributed by atoms with Crippen molar-refractivity contribution in [3.05, 3.63) is 65.2 Å². The number of para-hydroxylation sites is 1. The van der Waals surface area contributed by atoms with Gasteiger partial charge in [0.2, 0.25) is 0 Å². The predicted octanol–water partition coefficient (Wildman–Crippen LogP) is 4.02. The Morgan fingerprint density at radius 1 is 1.24 bits per heavy atom. The van der Waals surface area contributed by atoms with Gasteiger partial charge in [-0.1, -0.05) is 30.3 Å². The smallest absolute Gasteiger partial charge is 0.488 e. The molecule has 0 spiro atoms. The van der Waals surface area contributed by atoms with Gasteiger partial charge in [-0.25, -0.2) is 4.79 Å². The van der Waals surface area contributed by atoms with Crippen molar-refractivity contribution in [3.63, 3.8) is 0 Å². The van der Waals surface area contributed by atoms with Crippen LogP contribution in [0.25, 0.3) is 5.57 Å². The van der Waals surface area contributed by atoms with Crippen molar-refractivity contribution in [2.45, 2.75) is 13.0 Å². The maximum atomic E-state index is 10.8. The molecule has 3 rings (SSSR count). The molecule has 25 heavy (non-hydrogen) atoms. The Balaban J connectivity index is 2.04. The number of carbonyl (C=O) groups is 1. The number of nitrogens with zero attached hydrogens (tertiary/aromatic N) is 1. The molecule has 0 saturated carbocycles. The third-order valence-electron chi connectivity index (χ3n) is 4.06. The minimum atomic E-state index is -1.32. The van der Waals surface area contributed by atoms with E-state index < -0.39 is 6.16 Å². The van der Waals surface area contributed by atoms with Crippen LogP contribution in [0.4, 0.5) is 4.79 Å². The second-order valence-corrected chi connectivity index (χ2v) is 6.18. The average Bonchev–Trinajstić information content (AvgIpc) is 2.71. The van der Waals surface area contributed by atoms with Crippen LogP contribution in [0.1, 0.15) is 23.1 Å². The van der Waals surface area contributed by atoms with E-state index in [0.717, 1.165) is 41.0 Å². The molecule has 0 radical (unpaired) electrons. The monoisotopic (exact) mass is 339 g/mol. The summed E-state index contributed by atoms with van der Waals surface area (Å²) in [6.45, 7) is 1.32. The normalized spacial score (nSPS) is 14.4. The van der Waals surface area contributed by atoms with E-state index in [1.54, 1.807) is 12.1 Å². The minimum absolute atomic E-state index is 0.299. The van der Waals surface area contributed by atoms with Crippen LogP contribution in [0.3, 0.4) is 0 Å². The van der Waals surface area contributed by atoms with Gasteiger partial charge in [-0.15, -0.1) is 0 Å². The summed E-state index contributed by atoms with van der Waals surface area (Å²) in [5, 5.41) is 8.82. The summed E-state index contributed by atoms with van der Waals surface area (Å²) in [5.41, 5.74) is 4.10. The van der Waals surface area contributed by atoms with E-state index in [2.05, 4.69) is 11.0 Å². The van der Waals surface area contributed by atoms with Crippen LogP contribution in [-0.4, -0.2) is 36.8 Å². The first kappa shape index (κ1) is 17.0. The van der Waals surface area contributed by atoms with Crippen molar-refractivity contribution in [1.29, 1.82) is 0 Å². The highest BCUT2D eigenvalue weighted by Crippen LogP contribution is 2.38. The summed E-state index contributed by atoms with van der Waals surface area (Å²) in [4.78, 5) is 12.9. The van der Waals surface area contributed by atoms with Gasteiger partial charge in [0.25, 0.3) is 0 Å². The standard InChI is InChI=1S/C20H21NO4/c1-21(2)11-5-7-17-16-10-9-15(25-20(22)23)12-14(16)13-24-19-8-4-3-6-18(17)19/h3-4,6-10,12H,5,11,13H2,1-2H3,(H,22,23)/b17-7+. The summed E-state index contributed by atoms with van der Waals surface area (Å²) in [5.74, 6) is 1.13. The van der Waals surface area contributed by atoms with Crippen molar-refractivity contribution < 1.29 is 19.4 Å². The van der Waals surface area contributed by atoms with Gasteiger partial charge in [-0.3, -0.25) is 0 Å². The SMILES string of the molecule is CN(C)CC/C=C1\c2ccc(OC(=O)O)cc2COc2ccccc21. The second kappa shape index (κ2) is 7.40. The molecule has 1 heterocycles. The number of ether oxygens (including phenoxy) is 2. The van der Waals surface area contributed by atoms with Gasteiger partial charge in [0, 0.05) is 17.7 Å². The Kier molecular flexibility index (Phi) is 5.05. The number of carboxylic acid groups (broad SMARTS) is 1.